The molecule has 1 aromatic rings. The van der Waals surface area contributed by atoms with E-state index in [1.54, 1.807) is 6.20 Å². The van der Waals surface area contributed by atoms with Crippen LogP contribution in [0.4, 0.5) is 4.79 Å². The fourth-order valence-electron chi connectivity index (χ4n) is 3.47. The Labute approximate surface area is 145 Å². The fourth-order valence-corrected chi connectivity index (χ4v) is 3.47. The van der Waals surface area contributed by atoms with Crippen molar-refractivity contribution in [2.75, 3.05) is 13.1 Å². The van der Waals surface area contributed by atoms with Crippen LogP contribution in [0, 0.1) is 11.3 Å². The maximum atomic E-state index is 12.2. The third kappa shape index (κ3) is 4.94. The Morgan fingerprint density at radius 2 is 2.21 bits per heavy atom. The Morgan fingerprint density at radius 3 is 2.83 bits per heavy atom. The van der Waals surface area contributed by atoms with E-state index in [4.69, 9.17) is 0 Å². The number of amides is 2. The summed E-state index contributed by atoms with van der Waals surface area (Å²) >= 11 is 0. The van der Waals surface area contributed by atoms with Gasteiger partial charge in [0.05, 0.1) is 6.10 Å². The zero-order valence-electron chi connectivity index (χ0n) is 15.1. The van der Waals surface area contributed by atoms with Crippen LogP contribution in [-0.2, 0) is 0 Å². The smallest absolute Gasteiger partial charge is 0.314 e. The third-order valence-corrected chi connectivity index (χ3v) is 5.33. The number of pyridine rings is 1. The lowest BCUT2D eigenvalue weighted by Crippen LogP contribution is -2.48. The van der Waals surface area contributed by atoms with Crippen molar-refractivity contribution in [3.8, 4) is 0 Å². The van der Waals surface area contributed by atoms with Gasteiger partial charge in [0.1, 0.15) is 0 Å². The molecule has 3 atom stereocenters. The average Bonchev–Trinajstić information content (AvgIpc) is 2.57. The van der Waals surface area contributed by atoms with Crippen molar-refractivity contribution in [1.82, 2.24) is 15.6 Å². The molecule has 2 rings (SSSR count). The Kier molecular flexibility index (Phi) is 6.60. The molecule has 1 aromatic heterocycles. The number of aromatic nitrogens is 1. The second-order valence-electron chi connectivity index (χ2n) is 7.62. The van der Waals surface area contributed by atoms with Crippen LogP contribution in [0.15, 0.2) is 24.5 Å². The van der Waals surface area contributed by atoms with Gasteiger partial charge in [-0.25, -0.2) is 4.79 Å². The van der Waals surface area contributed by atoms with Gasteiger partial charge >= 0.3 is 6.03 Å². The van der Waals surface area contributed by atoms with E-state index in [0.717, 1.165) is 31.2 Å². The summed E-state index contributed by atoms with van der Waals surface area (Å²) in [5.41, 5.74) is 0.929. The van der Waals surface area contributed by atoms with Crippen LogP contribution in [0.5, 0.6) is 0 Å². The van der Waals surface area contributed by atoms with Crippen LogP contribution in [-0.4, -0.2) is 35.3 Å². The molecule has 0 bridgehead atoms. The predicted molar refractivity (Wildman–Crippen MR) is 95.8 cm³/mol. The van der Waals surface area contributed by atoms with Crippen LogP contribution in [0.1, 0.15) is 57.9 Å². The summed E-state index contributed by atoms with van der Waals surface area (Å²) in [6.45, 7) is 7.45. The van der Waals surface area contributed by atoms with Gasteiger partial charge in [-0.05, 0) is 30.4 Å². The maximum absolute atomic E-state index is 12.2. The van der Waals surface area contributed by atoms with Crippen LogP contribution in [0.25, 0.3) is 0 Å². The number of nitrogens with one attached hydrogen (secondary N) is 2. The van der Waals surface area contributed by atoms with E-state index < -0.39 is 0 Å². The summed E-state index contributed by atoms with van der Waals surface area (Å²) in [5.74, 6) is 0.646. The van der Waals surface area contributed by atoms with Crippen molar-refractivity contribution in [3.63, 3.8) is 0 Å². The number of urea groups is 1. The van der Waals surface area contributed by atoms with Gasteiger partial charge < -0.3 is 15.7 Å². The van der Waals surface area contributed by atoms with Crippen molar-refractivity contribution < 1.29 is 9.90 Å². The highest BCUT2D eigenvalue weighted by molar-refractivity contribution is 5.73. The fraction of sp³-hybridized carbons (Fsp3) is 0.684. The predicted octanol–water partition coefficient (Wildman–Crippen LogP) is 3.06. The first-order valence-corrected chi connectivity index (χ1v) is 9.02. The van der Waals surface area contributed by atoms with Gasteiger partial charge in [-0.3, -0.25) is 4.98 Å². The van der Waals surface area contributed by atoms with E-state index >= 15 is 0 Å². The molecular formula is C19H31N3O2. The summed E-state index contributed by atoms with van der Waals surface area (Å²) < 4.78 is 0. The Bertz CT molecular complexity index is 521. The molecule has 3 unspecified atom stereocenters. The monoisotopic (exact) mass is 333 g/mol. The van der Waals surface area contributed by atoms with Crippen molar-refractivity contribution >= 4 is 6.03 Å². The second kappa shape index (κ2) is 8.47. The minimum Gasteiger partial charge on any atom is -0.392 e. The van der Waals surface area contributed by atoms with Crippen molar-refractivity contribution in [2.45, 2.75) is 58.5 Å². The number of aliphatic hydroxyl groups is 1. The molecule has 24 heavy (non-hydrogen) atoms. The molecule has 0 radical (unpaired) electrons. The summed E-state index contributed by atoms with van der Waals surface area (Å²) in [6, 6.07) is 3.82. The Morgan fingerprint density at radius 1 is 1.42 bits per heavy atom. The lowest BCUT2D eigenvalue weighted by molar-refractivity contribution is 0.00309. The molecule has 3 N–H and O–H groups in total. The zero-order valence-corrected chi connectivity index (χ0v) is 15.1. The Hall–Kier alpha value is -1.62. The van der Waals surface area contributed by atoms with E-state index in [1.807, 2.05) is 12.3 Å². The molecule has 0 aromatic carbocycles. The summed E-state index contributed by atoms with van der Waals surface area (Å²) in [5, 5.41) is 16.1. The highest BCUT2D eigenvalue weighted by Gasteiger charge is 2.35. The number of hydrogen-bond acceptors (Lipinski definition) is 3. The zero-order chi connectivity index (χ0) is 17.6. The molecule has 5 nitrogen and oxygen atoms in total. The van der Waals surface area contributed by atoms with Crippen LogP contribution >= 0.6 is 0 Å². The van der Waals surface area contributed by atoms with Gasteiger partial charge in [-0.2, -0.15) is 0 Å². The number of carbonyl (C=O) groups excluding carboxylic acids is 1. The molecule has 2 amide bonds. The van der Waals surface area contributed by atoms with E-state index in [2.05, 4.69) is 42.5 Å². The first-order chi connectivity index (χ1) is 11.4. The quantitative estimate of drug-likeness (QED) is 0.749. The first kappa shape index (κ1) is 18.7. The molecule has 0 saturated heterocycles. The molecule has 5 heteroatoms. The van der Waals surface area contributed by atoms with Crippen molar-refractivity contribution in [1.29, 1.82) is 0 Å². The van der Waals surface area contributed by atoms with E-state index in [-0.39, 0.29) is 23.5 Å². The maximum Gasteiger partial charge on any atom is 0.314 e. The summed E-state index contributed by atoms with van der Waals surface area (Å²) in [7, 11) is 0. The van der Waals surface area contributed by atoms with Gasteiger partial charge in [-0.1, -0.05) is 39.7 Å². The molecular weight excluding hydrogens is 302 g/mol. The van der Waals surface area contributed by atoms with E-state index in [9.17, 15) is 9.90 Å². The van der Waals surface area contributed by atoms with Crippen molar-refractivity contribution in [3.05, 3.63) is 30.1 Å². The summed E-state index contributed by atoms with van der Waals surface area (Å²) in [4.78, 5) is 16.3. The lowest BCUT2D eigenvalue weighted by atomic mass is 9.73. The number of nitrogens with zero attached hydrogens (tertiary/aromatic N) is 1. The molecule has 0 spiro atoms. The SMILES string of the molecule is CC(C)C(CNC(=O)NCC1(C)CCCCC1O)c1cccnc1. The standard InChI is InChI=1S/C19H31N3O2/c1-14(2)16(15-7-6-10-20-11-15)12-21-18(24)22-13-19(3)9-5-4-8-17(19)23/h6-7,10-11,14,16-17,23H,4-5,8-9,12-13H2,1-3H3,(H2,21,22,24). The molecule has 134 valence electrons. The second-order valence-corrected chi connectivity index (χ2v) is 7.62. The largest absolute Gasteiger partial charge is 0.392 e. The first-order valence-electron chi connectivity index (χ1n) is 9.02. The van der Waals surface area contributed by atoms with E-state index in [1.165, 1.54) is 0 Å². The number of hydrogen-bond donors (Lipinski definition) is 3. The van der Waals surface area contributed by atoms with Gasteiger partial charge in [0.15, 0.2) is 0 Å². The normalized spacial score (nSPS) is 25.3. The van der Waals surface area contributed by atoms with Gasteiger partial charge in [0.2, 0.25) is 0 Å². The number of aliphatic hydroxyl groups excluding tert-OH is 1. The van der Waals surface area contributed by atoms with Crippen LogP contribution < -0.4 is 10.6 Å². The molecule has 0 aliphatic heterocycles. The molecule has 1 saturated carbocycles. The number of carbonyl (C=O) groups is 1. The Balaban J connectivity index is 1.83. The molecule has 1 aliphatic rings. The van der Waals surface area contributed by atoms with Crippen LogP contribution in [0.3, 0.4) is 0 Å². The third-order valence-electron chi connectivity index (χ3n) is 5.33. The molecule has 1 aliphatic carbocycles. The minimum atomic E-state index is -0.328. The topological polar surface area (TPSA) is 74.2 Å². The van der Waals surface area contributed by atoms with Gasteiger partial charge in [0, 0.05) is 36.8 Å². The van der Waals surface area contributed by atoms with Gasteiger partial charge in [-0.15, -0.1) is 0 Å². The van der Waals surface area contributed by atoms with Crippen molar-refractivity contribution in [2.24, 2.45) is 11.3 Å². The molecule has 1 heterocycles. The van der Waals surface area contributed by atoms with E-state index in [0.29, 0.717) is 19.0 Å². The van der Waals surface area contributed by atoms with Crippen LogP contribution in [0.2, 0.25) is 0 Å². The highest BCUT2D eigenvalue weighted by atomic mass is 16.3. The minimum absolute atomic E-state index is 0.163. The number of rotatable bonds is 6. The highest BCUT2D eigenvalue weighted by Crippen LogP contribution is 2.35. The lowest BCUT2D eigenvalue weighted by Gasteiger charge is -2.38. The summed E-state index contributed by atoms with van der Waals surface area (Å²) in [6.07, 6.45) is 7.28. The van der Waals surface area contributed by atoms with Gasteiger partial charge in [0.25, 0.3) is 0 Å². The average molecular weight is 333 g/mol. The molecule has 1 fully saturated rings.